The largest absolute Gasteiger partial charge is 0.756 e. The zero-order valence-corrected chi connectivity index (χ0v) is 37.5. The van der Waals surface area contributed by atoms with Crippen LogP contribution in [0.4, 0.5) is 0 Å². The van der Waals surface area contributed by atoms with Gasteiger partial charge in [-0.15, -0.1) is 0 Å². The average Bonchev–Trinajstić information content (AvgIpc) is 3.13. The van der Waals surface area contributed by atoms with E-state index in [1.54, 1.807) is 0 Å². The first kappa shape index (κ1) is 53.8. The van der Waals surface area contributed by atoms with Crippen molar-refractivity contribution in [2.45, 2.75) is 219 Å². The van der Waals surface area contributed by atoms with E-state index in [1.807, 2.05) is 27.2 Å². The van der Waals surface area contributed by atoms with Gasteiger partial charge in [0.15, 0.2) is 6.10 Å². The highest BCUT2D eigenvalue weighted by Crippen LogP contribution is 2.38. The number of hydrogen-bond acceptors (Lipinski definition) is 8. The molecule has 0 aliphatic heterocycles. The van der Waals surface area contributed by atoms with Crippen molar-refractivity contribution in [3.8, 4) is 0 Å². The van der Waals surface area contributed by atoms with Crippen molar-refractivity contribution in [3.63, 3.8) is 0 Å². The van der Waals surface area contributed by atoms with Gasteiger partial charge in [0.2, 0.25) is 0 Å². The number of likely N-dealkylation sites (N-methyl/N-ethyl adjacent to an activating group) is 1. The number of ether oxygens (including phenoxy) is 2. The molecule has 0 aromatic carbocycles. The number of rotatable bonds is 42. The van der Waals surface area contributed by atoms with Gasteiger partial charge in [-0.3, -0.25) is 14.2 Å². The molecule has 55 heavy (non-hydrogen) atoms. The van der Waals surface area contributed by atoms with Crippen molar-refractivity contribution < 1.29 is 42.1 Å². The Morgan fingerprint density at radius 2 is 0.964 bits per heavy atom. The summed E-state index contributed by atoms with van der Waals surface area (Å²) in [5.74, 6) is -0.880. The Balaban J connectivity index is 4.34. The molecule has 2 atom stereocenters. The number of carbonyl (C=O) groups excluding carboxylic acids is 2. The molecule has 0 amide bonds. The molecular weight excluding hydrogens is 713 g/mol. The lowest BCUT2D eigenvalue weighted by Crippen LogP contribution is -2.37. The van der Waals surface area contributed by atoms with E-state index in [9.17, 15) is 19.0 Å². The van der Waals surface area contributed by atoms with E-state index in [0.29, 0.717) is 23.9 Å². The number of unbranched alkanes of at least 4 members (excludes halogenated alkanes) is 26. The summed E-state index contributed by atoms with van der Waals surface area (Å²) < 4.78 is 33.9. The van der Waals surface area contributed by atoms with Crippen LogP contribution in [0, 0.1) is 0 Å². The van der Waals surface area contributed by atoms with Crippen LogP contribution in [0.3, 0.4) is 0 Å². The van der Waals surface area contributed by atoms with Crippen LogP contribution in [0.2, 0.25) is 0 Å². The molecule has 0 bridgehead atoms. The summed E-state index contributed by atoms with van der Waals surface area (Å²) in [5.41, 5.74) is 0. The molecule has 0 saturated heterocycles. The number of hydrogen-bond donors (Lipinski definition) is 0. The number of phosphoric acid groups is 1. The topological polar surface area (TPSA) is 111 Å². The highest BCUT2D eigenvalue weighted by Gasteiger charge is 2.21. The van der Waals surface area contributed by atoms with Gasteiger partial charge in [0, 0.05) is 12.8 Å². The molecule has 0 aliphatic rings. The van der Waals surface area contributed by atoms with Crippen molar-refractivity contribution in [2.75, 3.05) is 47.5 Å². The Bertz CT molecular complexity index is 954. The summed E-state index contributed by atoms with van der Waals surface area (Å²) in [6.45, 7) is 4.22. The number of allylic oxidation sites excluding steroid dienone is 2. The van der Waals surface area contributed by atoms with Gasteiger partial charge in [0.05, 0.1) is 27.7 Å². The van der Waals surface area contributed by atoms with Crippen molar-refractivity contribution in [2.24, 2.45) is 0 Å². The molecular formula is C45H88NO8P. The van der Waals surface area contributed by atoms with E-state index in [1.165, 1.54) is 148 Å². The zero-order valence-electron chi connectivity index (χ0n) is 36.6. The zero-order chi connectivity index (χ0) is 40.7. The third-order valence-corrected chi connectivity index (χ3v) is 11.0. The SMILES string of the molecule is CCCCCCCCCCCCC/C=C/CCC(=O)OC[C@H](COP(=O)([O-])OCC[N+](C)(C)C)OC(=O)CCCCCCCCCCCCCCCCCC. The minimum absolute atomic E-state index is 0.0320. The quantitative estimate of drug-likeness (QED) is 0.0197. The average molecular weight is 802 g/mol. The molecule has 10 heteroatoms. The predicted octanol–water partition coefficient (Wildman–Crippen LogP) is 12.3. The van der Waals surface area contributed by atoms with Crippen LogP contribution in [0.25, 0.3) is 0 Å². The van der Waals surface area contributed by atoms with Gasteiger partial charge in [0.1, 0.15) is 19.8 Å². The monoisotopic (exact) mass is 802 g/mol. The highest BCUT2D eigenvalue weighted by molar-refractivity contribution is 7.45. The van der Waals surface area contributed by atoms with Crippen LogP contribution in [0.15, 0.2) is 12.2 Å². The Morgan fingerprint density at radius 1 is 0.545 bits per heavy atom. The van der Waals surface area contributed by atoms with Gasteiger partial charge < -0.3 is 27.9 Å². The maximum atomic E-state index is 12.7. The molecule has 0 aliphatic carbocycles. The molecule has 0 spiro atoms. The van der Waals surface area contributed by atoms with E-state index >= 15 is 0 Å². The normalized spacial score (nSPS) is 13.6. The third kappa shape index (κ3) is 42.2. The summed E-state index contributed by atoms with van der Waals surface area (Å²) in [4.78, 5) is 37.5. The fraction of sp³-hybridized carbons (Fsp3) is 0.911. The number of esters is 2. The summed E-state index contributed by atoms with van der Waals surface area (Å²) in [5, 5.41) is 0. The van der Waals surface area contributed by atoms with Crippen LogP contribution in [-0.2, 0) is 32.7 Å². The Morgan fingerprint density at radius 3 is 1.42 bits per heavy atom. The number of phosphoric ester groups is 1. The standard InChI is InChI=1S/C45H88NO8P/c1-6-8-10-12-14-16-18-20-22-24-26-28-30-32-34-36-38-45(48)54-43(42-53-55(49,50)52-40-39-46(3,4)5)41-51-44(47)37-35-33-31-29-27-25-23-21-19-17-15-13-11-9-7-2/h31,33,43H,6-30,32,34-42H2,1-5H3/b33-31+/t43-/m1/s1. The maximum Gasteiger partial charge on any atom is 0.306 e. The van der Waals surface area contributed by atoms with Crippen molar-refractivity contribution in [1.82, 2.24) is 0 Å². The second-order valence-electron chi connectivity index (χ2n) is 16.8. The molecule has 0 saturated carbocycles. The van der Waals surface area contributed by atoms with Gasteiger partial charge in [-0.25, -0.2) is 0 Å². The smallest absolute Gasteiger partial charge is 0.306 e. The van der Waals surface area contributed by atoms with Crippen LogP contribution in [0.1, 0.15) is 213 Å². The number of carbonyl (C=O) groups is 2. The van der Waals surface area contributed by atoms with Gasteiger partial charge in [-0.1, -0.05) is 187 Å². The fourth-order valence-electron chi connectivity index (χ4n) is 6.44. The second-order valence-corrected chi connectivity index (χ2v) is 18.2. The lowest BCUT2D eigenvalue weighted by molar-refractivity contribution is -0.870. The highest BCUT2D eigenvalue weighted by atomic mass is 31.2. The first-order valence-corrected chi connectivity index (χ1v) is 24.4. The van der Waals surface area contributed by atoms with Crippen LogP contribution >= 0.6 is 7.82 Å². The molecule has 326 valence electrons. The van der Waals surface area contributed by atoms with Crippen molar-refractivity contribution in [1.29, 1.82) is 0 Å². The first-order valence-electron chi connectivity index (χ1n) is 22.9. The van der Waals surface area contributed by atoms with Gasteiger partial charge in [-0.2, -0.15) is 0 Å². The number of nitrogens with zero attached hydrogens (tertiary/aromatic N) is 1. The fourth-order valence-corrected chi connectivity index (χ4v) is 7.17. The summed E-state index contributed by atoms with van der Waals surface area (Å²) in [7, 11) is 1.16. The molecule has 9 nitrogen and oxygen atoms in total. The van der Waals surface area contributed by atoms with E-state index in [4.69, 9.17) is 18.5 Å². The molecule has 1 unspecified atom stereocenters. The molecule has 0 fully saturated rings. The summed E-state index contributed by atoms with van der Waals surface area (Å²) in [6.07, 6.45) is 39.6. The van der Waals surface area contributed by atoms with Crippen molar-refractivity contribution >= 4 is 19.8 Å². The van der Waals surface area contributed by atoms with Gasteiger partial charge >= 0.3 is 11.9 Å². The van der Waals surface area contributed by atoms with E-state index in [-0.39, 0.29) is 26.1 Å². The number of quaternary nitrogens is 1. The first-order chi connectivity index (χ1) is 26.5. The molecule has 0 N–H and O–H groups in total. The predicted molar refractivity (Wildman–Crippen MR) is 227 cm³/mol. The molecule has 0 radical (unpaired) electrons. The second kappa shape index (κ2) is 38.3. The maximum absolute atomic E-state index is 12.7. The van der Waals surface area contributed by atoms with Crippen LogP contribution in [0.5, 0.6) is 0 Å². The Kier molecular flexibility index (Phi) is 37.4. The minimum Gasteiger partial charge on any atom is -0.756 e. The summed E-state index contributed by atoms with van der Waals surface area (Å²) in [6, 6.07) is 0. The Hall–Kier alpha value is -1.25. The Labute approximate surface area is 339 Å². The third-order valence-electron chi connectivity index (χ3n) is 10.0. The minimum atomic E-state index is -4.63. The van der Waals surface area contributed by atoms with E-state index in [2.05, 4.69) is 19.9 Å². The van der Waals surface area contributed by atoms with Gasteiger partial charge in [-0.05, 0) is 25.7 Å². The molecule has 0 heterocycles. The molecule has 0 aromatic rings. The van der Waals surface area contributed by atoms with Crippen molar-refractivity contribution in [3.05, 3.63) is 12.2 Å². The van der Waals surface area contributed by atoms with Crippen LogP contribution < -0.4 is 4.89 Å². The molecule has 0 aromatic heterocycles. The van der Waals surface area contributed by atoms with Gasteiger partial charge in [0.25, 0.3) is 7.82 Å². The van der Waals surface area contributed by atoms with E-state index < -0.39 is 32.5 Å². The lowest BCUT2D eigenvalue weighted by Gasteiger charge is -2.28. The summed E-state index contributed by atoms with van der Waals surface area (Å²) >= 11 is 0. The lowest BCUT2D eigenvalue weighted by atomic mass is 10.0. The van der Waals surface area contributed by atoms with E-state index in [0.717, 1.165) is 25.7 Å². The molecule has 0 rings (SSSR count). The van der Waals surface area contributed by atoms with Crippen LogP contribution in [-0.4, -0.2) is 70.0 Å².